The molecule has 0 aliphatic rings. The van der Waals surface area contributed by atoms with Gasteiger partial charge in [0, 0.05) is 5.57 Å². The molecule has 1 rings (SSSR count). The fraction of sp³-hybridized carbons (Fsp3) is 0.400. The monoisotopic (exact) mass is 232 g/mol. The second kappa shape index (κ2) is 7.80. The van der Waals surface area contributed by atoms with E-state index in [-0.39, 0.29) is 0 Å². The van der Waals surface area contributed by atoms with Crippen molar-refractivity contribution < 1.29 is 9.90 Å². The van der Waals surface area contributed by atoms with Crippen molar-refractivity contribution in [1.29, 1.82) is 0 Å². The molecule has 0 saturated carbocycles. The Hall–Kier alpha value is -1.41. The van der Waals surface area contributed by atoms with Crippen LogP contribution in [-0.4, -0.2) is 17.5 Å². The summed E-state index contributed by atoms with van der Waals surface area (Å²) in [5, 5.41) is 9.90. The van der Waals surface area contributed by atoms with Gasteiger partial charge < -0.3 is 5.11 Å². The predicted molar refractivity (Wildman–Crippen MR) is 70.6 cm³/mol. The Morgan fingerprint density at radius 2 is 2.00 bits per heavy atom. The molecular weight excluding hydrogens is 212 g/mol. The summed E-state index contributed by atoms with van der Waals surface area (Å²) in [5.41, 5.74) is 1.41. The van der Waals surface area contributed by atoms with E-state index in [2.05, 4.69) is 6.92 Å². The van der Waals surface area contributed by atoms with Crippen molar-refractivity contribution in [3.05, 3.63) is 41.5 Å². The quantitative estimate of drug-likeness (QED) is 0.445. The van der Waals surface area contributed by atoms with Gasteiger partial charge in [-0.1, -0.05) is 56.5 Å². The number of aldehydes is 1. The van der Waals surface area contributed by atoms with E-state index in [9.17, 15) is 9.90 Å². The number of hydrogen-bond acceptors (Lipinski definition) is 2. The van der Waals surface area contributed by atoms with Crippen LogP contribution in [0.25, 0.3) is 6.08 Å². The van der Waals surface area contributed by atoms with Gasteiger partial charge in [0.25, 0.3) is 0 Å². The third-order valence-electron chi connectivity index (χ3n) is 2.73. The highest BCUT2D eigenvalue weighted by atomic mass is 16.3. The standard InChI is InChI=1S/C15H20O2/c1-2-3-5-10-15(17)14(12-16)11-13-8-6-4-7-9-13/h4,6-9,11-12,15,17H,2-3,5,10H2,1H3/b14-11+. The molecule has 2 nitrogen and oxygen atoms in total. The van der Waals surface area contributed by atoms with Crippen LogP contribution in [0.1, 0.15) is 38.2 Å². The molecule has 2 heteroatoms. The number of carbonyl (C=O) groups excluding carboxylic acids is 1. The highest BCUT2D eigenvalue weighted by molar-refractivity contribution is 5.82. The molecular formula is C15H20O2. The van der Waals surface area contributed by atoms with Gasteiger partial charge in [0.2, 0.25) is 0 Å². The maximum atomic E-state index is 11.0. The summed E-state index contributed by atoms with van der Waals surface area (Å²) in [4.78, 5) is 11.0. The van der Waals surface area contributed by atoms with E-state index >= 15 is 0 Å². The Balaban J connectivity index is 2.64. The van der Waals surface area contributed by atoms with Crippen molar-refractivity contribution >= 4 is 12.4 Å². The largest absolute Gasteiger partial charge is 0.388 e. The topological polar surface area (TPSA) is 37.3 Å². The van der Waals surface area contributed by atoms with Gasteiger partial charge in [-0.05, 0) is 18.1 Å². The maximum absolute atomic E-state index is 11.0. The predicted octanol–water partition coefficient (Wildman–Crippen LogP) is 3.21. The van der Waals surface area contributed by atoms with Crippen LogP contribution in [0.15, 0.2) is 35.9 Å². The highest BCUT2D eigenvalue weighted by Gasteiger charge is 2.09. The SMILES string of the molecule is CCCCCC(O)/C(C=O)=C/c1ccccc1. The average molecular weight is 232 g/mol. The number of unbranched alkanes of at least 4 members (excludes halogenated alkanes) is 2. The Morgan fingerprint density at radius 3 is 2.59 bits per heavy atom. The van der Waals surface area contributed by atoms with Crippen molar-refractivity contribution in [2.75, 3.05) is 0 Å². The molecule has 1 unspecified atom stereocenters. The smallest absolute Gasteiger partial charge is 0.148 e. The Morgan fingerprint density at radius 1 is 1.29 bits per heavy atom. The molecule has 92 valence electrons. The molecule has 0 aliphatic heterocycles. The van der Waals surface area contributed by atoms with Crippen LogP contribution in [0.5, 0.6) is 0 Å². The molecule has 0 saturated heterocycles. The Labute approximate surface area is 103 Å². The molecule has 17 heavy (non-hydrogen) atoms. The van der Waals surface area contributed by atoms with E-state index in [1.165, 1.54) is 0 Å². The molecule has 0 aromatic heterocycles. The summed E-state index contributed by atoms with van der Waals surface area (Å²) in [7, 11) is 0. The molecule has 0 fully saturated rings. The zero-order valence-electron chi connectivity index (χ0n) is 10.3. The summed E-state index contributed by atoms with van der Waals surface area (Å²) in [6, 6.07) is 9.59. The van der Waals surface area contributed by atoms with Crippen molar-refractivity contribution in [3.63, 3.8) is 0 Å². The van der Waals surface area contributed by atoms with Crippen LogP contribution in [0.4, 0.5) is 0 Å². The van der Waals surface area contributed by atoms with Crippen molar-refractivity contribution in [3.8, 4) is 0 Å². The van der Waals surface area contributed by atoms with Crippen LogP contribution >= 0.6 is 0 Å². The van der Waals surface area contributed by atoms with Gasteiger partial charge in [-0.2, -0.15) is 0 Å². The minimum atomic E-state index is -0.640. The summed E-state index contributed by atoms with van der Waals surface area (Å²) in [6.07, 6.45) is 5.69. The number of benzene rings is 1. The average Bonchev–Trinajstić information content (AvgIpc) is 2.37. The third kappa shape index (κ3) is 4.96. The Kier molecular flexibility index (Phi) is 6.26. The summed E-state index contributed by atoms with van der Waals surface area (Å²) in [5.74, 6) is 0. The van der Waals surface area contributed by atoms with Crippen molar-refractivity contribution in [1.82, 2.24) is 0 Å². The molecule has 1 atom stereocenters. The van der Waals surface area contributed by atoms with Gasteiger partial charge in [-0.3, -0.25) is 4.79 Å². The van der Waals surface area contributed by atoms with E-state index in [0.29, 0.717) is 12.0 Å². The minimum absolute atomic E-state index is 0.465. The summed E-state index contributed by atoms with van der Waals surface area (Å²) in [6.45, 7) is 2.12. The van der Waals surface area contributed by atoms with Gasteiger partial charge in [0.1, 0.15) is 6.29 Å². The molecule has 1 N–H and O–H groups in total. The molecule has 0 bridgehead atoms. The number of carbonyl (C=O) groups is 1. The van der Waals surface area contributed by atoms with Crippen LogP contribution in [0, 0.1) is 0 Å². The number of aliphatic hydroxyl groups excluding tert-OH is 1. The Bertz CT molecular complexity index is 354. The lowest BCUT2D eigenvalue weighted by atomic mass is 10.0. The van der Waals surface area contributed by atoms with Crippen molar-refractivity contribution in [2.24, 2.45) is 0 Å². The molecule has 0 amide bonds. The fourth-order valence-corrected chi connectivity index (χ4v) is 1.70. The van der Waals surface area contributed by atoms with E-state index < -0.39 is 6.10 Å². The second-order valence-electron chi connectivity index (χ2n) is 4.18. The number of rotatable bonds is 7. The van der Waals surface area contributed by atoms with Crippen LogP contribution in [-0.2, 0) is 4.79 Å². The van der Waals surface area contributed by atoms with Crippen LogP contribution in [0.3, 0.4) is 0 Å². The van der Waals surface area contributed by atoms with Gasteiger partial charge >= 0.3 is 0 Å². The minimum Gasteiger partial charge on any atom is -0.388 e. The summed E-state index contributed by atoms with van der Waals surface area (Å²) >= 11 is 0. The maximum Gasteiger partial charge on any atom is 0.148 e. The lowest BCUT2D eigenvalue weighted by Crippen LogP contribution is -2.11. The molecule has 0 spiro atoms. The van der Waals surface area contributed by atoms with Gasteiger partial charge in [0.05, 0.1) is 6.10 Å². The molecule has 1 aromatic carbocycles. The van der Waals surface area contributed by atoms with E-state index in [1.54, 1.807) is 6.08 Å². The van der Waals surface area contributed by atoms with E-state index in [4.69, 9.17) is 0 Å². The summed E-state index contributed by atoms with van der Waals surface area (Å²) < 4.78 is 0. The van der Waals surface area contributed by atoms with Crippen LogP contribution < -0.4 is 0 Å². The molecule has 0 heterocycles. The molecule has 0 aliphatic carbocycles. The first-order valence-corrected chi connectivity index (χ1v) is 6.17. The zero-order valence-corrected chi connectivity index (χ0v) is 10.3. The number of hydrogen-bond donors (Lipinski definition) is 1. The lowest BCUT2D eigenvalue weighted by molar-refractivity contribution is -0.105. The first-order chi connectivity index (χ1) is 8.27. The van der Waals surface area contributed by atoms with E-state index in [0.717, 1.165) is 31.1 Å². The third-order valence-corrected chi connectivity index (χ3v) is 2.73. The fourth-order valence-electron chi connectivity index (χ4n) is 1.70. The lowest BCUT2D eigenvalue weighted by Gasteiger charge is -2.09. The molecule has 1 aromatic rings. The van der Waals surface area contributed by atoms with Crippen molar-refractivity contribution in [2.45, 2.75) is 38.7 Å². The number of aliphatic hydroxyl groups is 1. The highest BCUT2D eigenvalue weighted by Crippen LogP contribution is 2.13. The zero-order chi connectivity index (χ0) is 12.5. The van der Waals surface area contributed by atoms with Gasteiger partial charge in [-0.25, -0.2) is 0 Å². The van der Waals surface area contributed by atoms with Gasteiger partial charge in [0.15, 0.2) is 0 Å². The molecule has 0 radical (unpaired) electrons. The van der Waals surface area contributed by atoms with Crippen LogP contribution in [0.2, 0.25) is 0 Å². The van der Waals surface area contributed by atoms with Gasteiger partial charge in [-0.15, -0.1) is 0 Å². The van der Waals surface area contributed by atoms with E-state index in [1.807, 2.05) is 30.3 Å². The normalized spacial score (nSPS) is 13.4. The first-order valence-electron chi connectivity index (χ1n) is 6.17. The second-order valence-corrected chi connectivity index (χ2v) is 4.18. The first kappa shape index (κ1) is 13.7.